The summed E-state index contributed by atoms with van der Waals surface area (Å²) in [4.78, 5) is 2.26. The van der Waals surface area contributed by atoms with Gasteiger partial charge in [-0.1, -0.05) is 26.7 Å². The number of nitrogens with zero attached hydrogens (tertiary/aromatic N) is 5. The van der Waals surface area contributed by atoms with Crippen LogP contribution in [0.4, 0.5) is 5.82 Å². The van der Waals surface area contributed by atoms with Crippen molar-refractivity contribution in [3.05, 3.63) is 54.4 Å². The van der Waals surface area contributed by atoms with Crippen molar-refractivity contribution < 1.29 is 5.11 Å². The summed E-state index contributed by atoms with van der Waals surface area (Å²) < 4.78 is 1.81. The smallest absolute Gasteiger partial charge is 0.151 e. The van der Waals surface area contributed by atoms with Crippen LogP contribution in [-0.4, -0.2) is 33.0 Å². The molecule has 0 radical (unpaired) electrons. The van der Waals surface area contributed by atoms with Gasteiger partial charge in [-0.15, -0.1) is 10.2 Å². The van der Waals surface area contributed by atoms with Gasteiger partial charge in [0.05, 0.1) is 11.3 Å². The molecule has 0 aliphatic heterocycles. The summed E-state index contributed by atoms with van der Waals surface area (Å²) in [5.41, 5.74) is 2.62. The Morgan fingerprint density at radius 2 is 1.81 bits per heavy atom. The van der Waals surface area contributed by atoms with Gasteiger partial charge >= 0.3 is 0 Å². The fourth-order valence-electron chi connectivity index (χ4n) is 4.51. The fourth-order valence-corrected chi connectivity index (χ4v) is 4.51. The number of hydrogen-bond donors (Lipinski definition) is 1. The Morgan fingerprint density at radius 3 is 2.39 bits per heavy atom. The van der Waals surface area contributed by atoms with Gasteiger partial charge in [0.2, 0.25) is 0 Å². The van der Waals surface area contributed by atoms with Crippen molar-refractivity contribution >= 4 is 5.82 Å². The molecule has 0 saturated heterocycles. The Labute approximate surface area is 183 Å². The molecule has 0 bridgehead atoms. The standard InChI is InChI=1S/C25H29N5O/c1-17-4-5-18(2)13-21(12-17)29(3)25-9-8-23(27-28-25)22-7-6-20(14-24(22)31)30-11-10-19(15-26)16-30/h6-11,14,16-18,21,31H,4-5,12-13H2,1-3H3/t17-,18+,21?. The molecule has 3 atom stereocenters. The molecule has 3 aromatic rings. The fraction of sp³-hybridized carbons (Fsp3) is 0.400. The molecule has 2 heterocycles. The zero-order valence-electron chi connectivity index (χ0n) is 18.4. The molecule has 1 aliphatic rings. The Balaban J connectivity index is 1.53. The molecule has 1 aliphatic carbocycles. The van der Waals surface area contributed by atoms with Crippen LogP contribution in [0, 0.1) is 23.2 Å². The number of aromatic hydroxyl groups is 1. The molecule has 2 aromatic heterocycles. The number of benzene rings is 1. The zero-order valence-corrected chi connectivity index (χ0v) is 18.4. The van der Waals surface area contributed by atoms with Gasteiger partial charge in [-0.2, -0.15) is 5.26 Å². The van der Waals surface area contributed by atoms with E-state index in [2.05, 4.69) is 42.1 Å². The molecule has 1 saturated carbocycles. The summed E-state index contributed by atoms with van der Waals surface area (Å²) in [7, 11) is 2.11. The number of hydrogen-bond acceptors (Lipinski definition) is 5. The van der Waals surface area contributed by atoms with Gasteiger partial charge in [0, 0.05) is 42.8 Å². The highest BCUT2D eigenvalue weighted by Gasteiger charge is 2.25. The highest BCUT2D eigenvalue weighted by Crippen LogP contribution is 2.33. The molecule has 1 aromatic carbocycles. The highest BCUT2D eigenvalue weighted by molar-refractivity contribution is 5.69. The number of nitriles is 1. The second kappa shape index (κ2) is 8.81. The first-order valence-electron chi connectivity index (χ1n) is 10.9. The van der Waals surface area contributed by atoms with E-state index in [1.165, 1.54) is 25.7 Å². The molecule has 0 amide bonds. The third-order valence-electron chi connectivity index (χ3n) is 6.44. The molecule has 160 valence electrons. The van der Waals surface area contributed by atoms with Gasteiger partial charge in [-0.25, -0.2) is 0 Å². The van der Waals surface area contributed by atoms with Crippen LogP contribution in [-0.2, 0) is 0 Å². The number of phenols is 1. The lowest BCUT2D eigenvalue weighted by atomic mass is 9.98. The number of rotatable bonds is 4. The summed E-state index contributed by atoms with van der Waals surface area (Å²) in [6.07, 6.45) is 8.48. The molecule has 31 heavy (non-hydrogen) atoms. The first-order chi connectivity index (χ1) is 14.9. The number of aromatic nitrogens is 3. The van der Waals surface area contributed by atoms with Crippen LogP contribution in [0.15, 0.2) is 48.8 Å². The topological polar surface area (TPSA) is 78.0 Å². The minimum absolute atomic E-state index is 0.131. The van der Waals surface area contributed by atoms with E-state index in [0.29, 0.717) is 22.9 Å². The average Bonchev–Trinajstić information content (AvgIpc) is 3.19. The van der Waals surface area contributed by atoms with Gasteiger partial charge in [-0.3, -0.25) is 0 Å². The van der Waals surface area contributed by atoms with E-state index in [0.717, 1.165) is 23.3 Å². The Hall–Kier alpha value is -3.33. The summed E-state index contributed by atoms with van der Waals surface area (Å²) in [6.45, 7) is 4.68. The van der Waals surface area contributed by atoms with Crippen LogP contribution in [0.3, 0.4) is 0 Å². The van der Waals surface area contributed by atoms with Crippen LogP contribution < -0.4 is 4.90 Å². The van der Waals surface area contributed by atoms with Crippen LogP contribution in [0.5, 0.6) is 5.75 Å². The molecule has 4 rings (SSSR count). The minimum Gasteiger partial charge on any atom is -0.507 e. The van der Waals surface area contributed by atoms with Crippen molar-refractivity contribution in [1.29, 1.82) is 5.26 Å². The second-order valence-electron chi connectivity index (χ2n) is 8.92. The Bertz CT molecular complexity index is 1070. The molecule has 0 spiro atoms. The summed E-state index contributed by atoms with van der Waals surface area (Å²) in [5, 5.41) is 28.5. The highest BCUT2D eigenvalue weighted by atomic mass is 16.3. The maximum absolute atomic E-state index is 10.6. The van der Waals surface area contributed by atoms with Gasteiger partial charge in [0.25, 0.3) is 0 Å². The van der Waals surface area contributed by atoms with Crippen molar-refractivity contribution in [3.63, 3.8) is 0 Å². The van der Waals surface area contributed by atoms with E-state index >= 15 is 0 Å². The zero-order chi connectivity index (χ0) is 22.0. The van der Waals surface area contributed by atoms with Crippen molar-refractivity contribution in [2.45, 2.75) is 45.6 Å². The largest absolute Gasteiger partial charge is 0.507 e. The monoisotopic (exact) mass is 415 g/mol. The van der Waals surface area contributed by atoms with E-state index in [-0.39, 0.29) is 5.75 Å². The molecule has 1 fully saturated rings. The lowest BCUT2D eigenvalue weighted by Crippen LogP contribution is -2.34. The molecular formula is C25H29N5O. The quantitative estimate of drug-likeness (QED) is 0.595. The third-order valence-corrected chi connectivity index (χ3v) is 6.44. The molecule has 1 unspecified atom stereocenters. The molecule has 6 nitrogen and oxygen atoms in total. The van der Waals surface area contributed by atoms with Crippen LogP contribution in [0.2, 0.25) is 0 Å². The minimum atomic E-state index is 0.131. The third kappa shape index (κ3) is 4.56. The summed E-state index contributed by atoms with van der Waals surface area (Å²) in [5.74, 6) is 2.45. The first-order valence-corrected chi connectivity index (χ1v) is 10.9. The maximum atomic E-state index is 10.6. The predicted octanol–water partition coefficient (Wildman–Crippen LogP) is 5.16. The average molecular weight is 416 g/mol. The Kier molecular flexibility index (Phi) is 5.94. The van der Waals surface area contributed by atoms with E-state index in [1.807, 2.05) is 24.3 Å². The lowest BCUT2D eigenvalue weighted by molar-refractivity contribution is 0.446. The van der Waals surface area contributed by atoms with E-state index in [4.69, 9.17) is 5.26 Å². The SMILES string of the molecule is C[C@@H]1CC[C@H](C)CC(N(C)c2ccc(-c3ccc(-n4ccc(C#N)c4)cc3O)nn2)C1. The maximum Gasteiger partial charge on any atom is 0.151 e. The molecule has 1 N–H and O–H groups in total. The normalized spacial score (nSPS) is 21.3. The van der Waals surface area contributed by atoms with Gasteiger partial charge in [0.15, 0.2) is 5.82 Å². The van der Waals surface area contributed by atoms with Gasteiger partial charge < -0.3 is 14.6 Å². The number of phenolic OH excluding ortho intramolecular Hbond substituents is 1. The van der Waals surface area contributed by atoms with Crippen LogP contribution in [0.1, 0.15) is 45.1 Å². The van der Waals surface area contributed by atoms with Crippen molar-refractivity contribution in [1.82, 2.24) is 14.8 Å². The van der Waals surface area contributed by atoms with E-state index in [9.17, 15) is 5.11 Å². The summed E-state index contributed by atoms with van der Waals surface area (Å²) >= 11 is 0. The lowest BCUT2D eigenvalue weighted by Gasteiger charge is -2.30. The first kappa shape index (κ1) is 20.9. The number of anilines is 1. The van der Waals surface area contributed by atoms with E-state index in [1.54, 1.807) is 29.1 Å². The summed E-state index contributed by atoms with van der Waals surface area (Å²) in [6, 6.07) is 13.6. The van der Waals surface area contributed by atoms with Gasteiger partial charge in [-0.05, 0) is 55.0 Å². The van der Waals surface area contributed by atoms with E-state index < -0.39 is 0 Å². The second-order valence-corrected chi connectivity index (χ2v) is 8.92. The van der Waals surface area contributed by atoms with Gasteiger partial charge in [0.1, 0.15) is 11.8 Å². The molecular weight excluding hydrogens is 386 g/mol. The van der Waals surface area contributed by atoms with Crippen molar-refractivity contribution in [2.75, 3.05) is 11.9 Å². The predicted molar refractivity (Wildman–Crippen MR) is 122 cm³/mol. The van der Waals surface area contributed by atoms with Crippen LogP contribution >= 0.6 is 0 Å². The Morgan fingerprint density at radius 1 is 1.06 bits per heavy atom. The van der Waals surface area contributed by atoms with Crippen molar-refractivity contribution in [3.8, 4) is 28.8 Å². The van der Waals surface area contributed by atoms with Crippen molar-refractivity contribution in [2.24, 2.45) is 11.8 Å². The van der Waals surface area contributed by atoms with Crippen LogP contribution in [0.25, 0.3) is 16.9 Å². The molecule has 6 heteroatoms.